The number of benzene rings is 1. The zero-order chi connectivity index (χ0) is 48.5. The number of carbonyl (C=O) groups excluding carboxylic acids is 6. The number of phenols is 1. The number of nitrogens with one attached hydrogen (secondary N) is 6. The van der Waals surface area contributed by atoms with Crippen LogP contribution in [0.15, 0.2) is 41.8 Å². The number of hydrogen-bond donors (Lipinski definition) is 12. The predicted octanol–water partition coefficient (Wildman–Crippen LogP) is -1.65. The van der Waals surface area contributed by atoms with Gasteiger partial charge in [-0.15, -0.1) is 0 Å². The van der Waals surface area contributed by atoms with Crippen molar-refractivity contribution in [2.45, 2.75) is 121 Å². The summed E-state index contributed by atoms with van der Waals surface area (Å²) in [6.07, 6.45) is 5.71. The highest BCUT2D eigenvalue weighted by molar-refractivity contribution is 5.95. The maximum atomic E-state index is 13.9. The molecule has 2 aromatic rings. The van der Waals surface area contributed by atoms with Crippen LogP contribution >= 0.6 is 0 Å². The average Bonchev–Trinajstić information content (AvgIpc) is 3.95. The number of guanidine groups is 1. The molecule has 1 aromatic heterocycles. The Balaban J connectivity index is 1.34. The Morgan fingerprint density at radius 2 is 1.58 bits per heavy atom. The molecule has 2 fully saturated rings. The zero-order valence-corrected chi connectivity index (χ0v) is 37.2. The molecule has 6 amide bonds. The predicted molar refractivity (Wildman–Crippen MR) is 238 cm³/mol. The maximum absolute atomic E-state index is 13.9. The molecule has 23 nitrogen and oxygen atoms in total. The molecule has 1 aliphatic heterocycles. The van der Waals surface area contributed by atoms with Gasteiger partial charge < -0.3 is 69.0 Å². The summed E-state index contributed by atoms with van der Waals surface area (Å²) in [6.45, 7) is 4.00. The molecule has 23 heteroatoms. The van der Waals surface area contributed by atoms with Crippen LogP contribution in [0.4, 0.5) is 0 Å². The van der Waals surface area contributed by atoms with Crippen molar-refractivity contribution in [3.63, 3.8) is 0 Å². The lowest BCUT2D eigenvalue weighted by atomic mass is 9.71. The van der Waals surface area contributed by atoms with Gasteiger partial charge in [0.2, 0.25) is 35.4 Å². The third kappa shape index (κ3) is 16.3. The zero-order valence-electron chi connectivity index (χ0n) is 37.2. The number of carbonyl (C=O) groups is 8. The van der Waals surface area contributed by atoms with Crippen LogP contribution in [0.2, 0.25) is 0 Å². The largest absolute Gasteiger partial charge is 0.508 e. The molecule has 0 spiro atoms. The highest BCUT2D eigenvalue weighted by Crippen LogP contribution is 2.38. The van der Waals surface area contributed by atoms with Gasteiger partial charge in [0.1, 0.15) is 36.0 Å². The summed E-state index contributed by atoms with van der Waals surface area (Å²) < 4.78 is 0. The van der Waals surface area contributed by atoms with Crippen molar-refractivity contribution in [1.82, 2.24) is 41.5 Å². The Bertz CT molecular complexity index is 2020. The SMILES string of the molecule is CC(C)[C@H](NC(=O)[C@H](CCCN=C(N)N)NC(=O)[C@@H](N)CC(=O)O)C(=O)N[C@@H](Cc1ccc(O)cc1)C(=O)NCCC1CC(CC(=O)N[C@@H](Cc2cnc[nH]2)C(=O)N2CCC[C@H]2C(=O)O)C1. The molecule has 0 radical (unpaired) electrons. The van der Waals surface area contributed by atoms with Crippen LogP contribution in [0.3, 0.4) is 0 Å². The van der Waals surface area contributed by atoms with Gasteiger partial charge in [-0.1, -0.05) is 26.0 Å². The van der Waals surface area contributed by atoms with Gasteiger partial charge in [-0.25, -0.2) is 9.78 Å². The molecular formula is C43H64N12O11. The van der Waals surface area contributed by atoms with Crippen LogP contribution in [0, 0.1) is 17.8 Å². The van der Waals surface area contributed by atoms with Crippen LogP contribution in [0.25, 0.3) is 0 Å². The highest BCUT2D eigenvalue weighted by atomic mass is 16.4. The molecule has 15 N–H and O–H groups in total. The molecular weight excluding hydrogens is 861 g/mol. The standard InChI is InChI=1S/C43H64N12O11/c1-23(2)36(54-39(62)30(5-3-12-49-43(45)46)52-37(60)29(44)20-35(58)59)40(63)53-31(17-24-7-9-28(56)10-8-24)38(61)48-13-11-25-15-26(16-25)18-34(57)51-32(19-27-21-47-22-50-27)41(64)55-14-4-6-33(55)42(65)66/h7-10,21-23,25-26,29-33,36,56H,3-6,11-20,44H2,1-2H3,(H,47,50)(H,48,61)(H,51,57)(H,52,60)(H,53,63)(H,54,62)(H,58,59)(H,65,66)(H4,45,46,49)/t25?,26?,29-,30-,31-,32-,33-,36-/m0/s1. The Hall–Kier alpha value is -6.78. The quantitative estimate of drug-likeness (QED) is 0.0286. The van der Waals surface area contributed by atoms with Crippen molar-refractivity contribution in [3.8, 4) is 5.75 Å². The molecule has 2 aliphatic rings. The third-order valence-corrected chi connectivity index (χ3v) is 11.7. The fourth-order valence-electron chi connectivity index (χ4n) is 8.08. The minimum Gasteiger partial charge on any atom is -0.508 e. The lowest BCUT2D eigenvalue weighted by Gasteiger charge is -2.35. The summed E-state index contributed by atoms with van der Waals surface area (Å²) >= 11 is 0. The number of amides is 6. The average molecular weight is 925 g/mol. The Labute approximate surface area is 381 Å². The first-order chi connectivity index (χ1) is 31.3. The van der Waals surface area contributed by atoms with Crippen LogP contribution in [-0.4, -0.2) is 139 Å². The van der Waals surface area contributed by atoms with Crippen LogP contribution in [0.5, 0.6) is 5.75 Å². The van der Waals surface area contributed by atoms with Crippen molar-refractivity contribution < 1.29 is 53.7 Å². The van der Waals surface area contributed by atoms with Crippen molar-refractivity contribution in [1.29, 1.82) is 0 Å². The van der Waals surface area contributed by atoms with Gasteiger partial charge in [-0.2, -0.15) is 0 Å². The van der Waals surface area contributed by atoms with Crippen molar-refractivity contribution in [2.75, 3.05) is 19.6 Å². The fraction of sp³-hybridized carbons (Fsp3) is 0.581. The second-order valence-electron chi connectivity index (χ2n) is 17.3. The van der Waals surface area contributed by atoms with Gasteiger partial charge in [-0.05, 0) is 80.4 Å². The van der Waals surface area contributed by atoms with Crippen LogP contribution in [0.1, 0.15) is 82.9 Å². The monoisotopic (exact) mass is 924 g/mol. The summed E-state index contributed by atoms with van der Waals surface area (Å²) in [5, 5.41) is 42.1. The molecule has 2 heterocycles. The second kappa shape index (κ2) is 25.1. The number of aromatic hydroxyl groups is 1. The van der Waals surface area contributed by atoms with E-state index in [1.54, 1.807) is 32.2 Å². The first-order valence-electron chi connectivity index (χ1n) is 22.1. The summed E-state index contributed by atoms with van der Waals surface area (Å²) in [4.78, 5) is 116. The minimum atomic E-state index is -1.45. The number of H-pyrrole nitrogens is 1. The number of rotatable bonds is 26. The molecule has 362 valence electrons. The molecule has 0 unspecified atom stereocenters. The number of carboxylic acid groups (broad SMARTS) is 2. The molecule has 6 atom stereocenters. The molecule has 0 bridgehead atoms. The van der Waals surface area contributed by atoms with E-state index in [4.69, 9.17) is 22.3 Å². The molecule has 1 saturated carbocycles. The van der Waals surface area contributed by atoms with Gasteiger partial charge in [0.25, 0.3) is 0 Å². The number of imidazole rings is 1. The minimum absolute atomic E-state index is 0.00455. The summed E-state index contributed by atoms with van der Waals surface area (Å²) in [5.41, 5.74) is 17.8. The molecule has 1 saturated heterocycles. The van der Waals surface area contributed by atoms with E-state index in [0.29, 0.717) is 43.4 Å². The first-order valence-corrected chi connectivity index (χ1v) is 22.1. The fourth-order valence-corrected chi connectivity index (χ4v) is 8.08. The van der Waals surface area contributed by atoms with Gasteiger partial charge in [0.15, 0.2) is 5.96 Å². The number of aliphatic carboxylic acids is 2. The van der Waals surface area contributed by atoms with E-state index >= 15 is 0 Å². The summed E-state index contributed by atoms with van der Waals surface area (Å²) in [7, 11) is 0. The number of aromatic amines is 1. The smallest absolute Gasteiger partial charge is 0.326 e. The molecule has 4 rings (SSSR count). The van der Waals surface area contributed by atoms with Gasteiger partial charge in [0, 0.05) is 50.8 Å². The lowest BCUT2D eigenvalue weighted by Crippen LogP contribution is -2.59. The van der Waals surface area contributed by atoms with Crippen molar-refractivity contribution in [2.24, 2.45) is 39.9 Å². The second-order valence-corrected chi connectivity index (χ2v) is 17.3. The van der Waals surface area contributed by atoms with Crippen molar-refractivity contribution >= 4 is 53.3 Å². The topological polar surface area (TPSA) is 380 Å². The van der Waals surface area contributed by atoms with Crippen LogP contribution in [-0.2, 0) is 51.2 Å². The number of carboxylic acids is 2. The first kappa shape index (κ1) is 51.9. The van der Waals surface area contributed by atoms with E-state index < -0.39 is 90.1 Å². The van der Waals surface area contributed by atoms with E-state index in [2.05, 4.69) is 41.5 Å². The summed E-state index contributed by atoms with van der Waals surface area (Å²) in [6, 6.07) is -0.839. The lowest BCUT2D eigenvalue weighted by molar-refractivity contribution is -0.149. The summed E-state index contributed by atoms with van der Waals surface area (Å²) in [5.74, 6) is -6.52. The number of nitrogens with zero attached hydrogens (tertiary/aromatic N) is 3. The maximum Gasteiger partial charge on any atom is 0.326 e. The molecule has 1 aliphatic carbocycles. The number of likely N-dealkylation sites (tertiary alicyclic amines) is 1. The van der Waals surface area contributed by atoms with E-state index in [9.17, 15) is 48.6 Å². The number of nitrogens with two attached hydrogens (primary N) is 3. The molecule has 66 heavy (non-hydrogen) atoms. The van der Waals surface area contributed by atoms with Crippen molar-refractivity contribution in [3.05, 3.63) is 48.0 Å². The Kier molecular flexibility index (Phi) is 19.7. The van der Waals surface area contributed by atoms with Gasteiger partial charge in [-0.3, -0.25) is 38.6 Å². The third-order valence-electron chi connectivity index (χ3n) is 11.7. The Morgan fingerprint density at radius 1 is 0.879 bits per heavy atom. The van der Waals surface area contributed by atoms with E-state index in [-0.39, 0.29) is 81.2 Å². The normalized spacial score (nSPS) is 18.9. The van der Waals surface area contributed by atoms with Gasteiger partial charge >= 0.3 is 11.9 Å². The molecule has 1 aromatic carbocycles. The van der Waals surface area contributed by atoms with Gasteiger partial charge in [0.05, 0.1) is 18.8 Å². The van der Waals surface area contributed by atoms with E-state index in [1.165, 1.54) is 23.4 Å². The number of aromatic nitrogens is 2. The van der Waals surface area contributed by atoms with E-state index in [0.717, 1.165) is 0 Å². The Morgan fingerprint density at radius 3 is 2.20 bits per heavy atom. The number of hydrogen-bond acceptors (Lipinski definition) is 12. The van der Waals surface area contributed by atoms with E-state index in [1.807, 2.05) is 0 Å². The number of aliphatic imine (C=N–C) groups is 1. The number of phenolic OH excluding ortho intramolecular Hbond substituents is 1. The van der Waals surface area contributed by atoms with Crippen LogP contribution < -0.4 is 43.8 Å². The highest BCUT2D eigenvalue weighted by Gasteiger charge is 2.39.